The van der Waals surface area contributed by atoms with Crippen LogP contribution in [-0.4, -0.2) is 50.1 Å². The number of rotatable bonds is 9. The largest absolute Gasteiger partial charge is 0.450 e. The van der Waals surface area contributed by atoms with Gasteiger partial charge in [0.15, 0.2) is 0 Å². The Morgan fingerprint density at radius 3 is 2.50 bits per heavy atom. The van der Waals surface area contributed by atoms with Crippen molar-refractivity contribution in [3.63, 3.8) is 0 Å². The van der Waals surface area contributed by atoms with Crippen LogP contribution >= 0.6 is 0 Å². The fourth-order valence-electron chi connectivity index (χ4n) is 1.36. The molecule has 118 valence electrons. The highest BCUT2D eigenvalue weighted by atomic mass is 16.5. The molecule has 0 aliphatic rings. The van der Waals surface area contributed by atoms with Gasteiger partial charge >= 0.3 is 6.09 Å². The molecule has 3 N–H and O–H groups in total. The molecule has 2 amide bonds. The minimum atomic E-state index is -0.505. The van der Waals surface area contributed by atoms with Crippen LogP contribution in [0.25, 0.3) is 0 Å². The average molecular weight is 289 g/mol. The van der Waals surface area contributed by atoms with Gasteiger partial charge in [-0.05, 0) is 27.7 Å². The van der Waals surface area contributed by atoms with Crippen LogP contribution < -0.4 is 16.0 Å². The van der Waals surface area contributed by atoms with Crippen molar-refractivity contribution in [1.82, 2.24) is 16.0 Å². The molecule has 0 rings (SSSR count). The Hall–Kier alpha value is -1.34. The van der Waals surface area contributed by atoms with Crippen LogP contribution in [0.2, 0.25) is 0 Å². The van der Waals surface area contributed by atoms with Crippen LogP contribution in [0.1, 0.15) is 34.6 Å². The first-order valence-electron chi connectivity index (χ1n) is 6.77. The van der Waals surface area contributed by atoms with Gasteiger partial charge in [0.1, 0.15) is 0 Å². The molecule has 0 aromatic rings. The minimum absolute atomic E-state index is 0.0562. The molecule has 0 saturated carbocycles. The second kappa shape index (κ2) is 9.55. The van der Waals surface area contributed by atoms with Crippen molar-refractivity contribution < 1.29 is 19.1 Å². The number of hydrogen-bond acceptors (Lipinski definition) is 5. The molecule has 0 aliphatic carbocycles. The summed E-state index contributed by atoms with van der Waals surface area (Å²) in [6.07, 6.45) is -0.451. The molecule has 1 unspecified atom stereocenters. The first kappa shape index (κ1) is 18.7. The summed E-state index contributed by atoms with van der Waals surface area (Å²) in [4.78, 5) is 22.0. The molecule has 0 radical (unpaired) electrons. The van der Waals surface area contributed by atoms with Crippen molar-refractivity contribution in [3.05, 3.63) is 0 Å². The van der Waals surface area contributed by atoms with Gasteiger partial charge in [0, 0.05) is 19.5 Å². The molecule has 1 atom stereocenters. The van der Waals surface area contributed by atoms with Crippen LogP contribution in [-0.2, 0) is 14.3 Å². The molecular weight excluding hydrogens is 262 g/mol. The summed E-state index contributed by atoms with van der Waals surface area (Å²) in [7, 11) is 0. The molecule has 0 saturated heterocycles. The van der Waals surface area contributed by atoms with Gasteiger partial charge in [0.25, 0.3) is 0 Å². The maximum Gasteiger partial charge on any atom is 0.407 e. The number of alkyl carbamates (subject to hydrolysis) is 1. The second-order valence-electron chi connectivity index (χ2n) is 5.26. The van der Waals surface area contributed by atoms with E-state index in [2.05, 4.69) is 16.0 Å². The van der Waals surface area contributed by atoms with Crippen molar-refractivity contribution >= 4 is 12.0 Å². The number of carbonyl (C=O) groups is 2. The van der Waals surface area contributed by atoms with Gasteiger partial charge in [-0.15, -0.1) is 0 Å². The van der Waals surface area contributed by atoms with Gasteiger partial charge in [-0.2, -0.15) is 0 Å². The Kier molecular flexibility index (Phi) is 8.91. The van der Waals surface area contributed by atoms with Gasteiger partial charge in [-0.1, -0.05) is 0 Å². The molecular formula is C13H27N3O4. The zero-order valence-electron chi connectivity index (χ0n) is 13.0. The Morgan fingerprint density at radius 1 is 1.30 bits per heavy atom. The Bertz CT molecular complexity index is 308. The van der Waals surface area contributed by atoms with Crippen molar-refractivity contribution in [2.75, 3.05) is 26.5 Å². The second-order valence-corrected chi connectivity index (χ2v) is 5.26. The summed E-state index contributed by atoms with van der Waals surface area (Å²) in [6, 6.07) is 0.111. The summed E-state index contributed by atoms with van der Waals surface area (Å²) in [6.45, 7) is 10.5. The van der Waals surface area contributed by atoms with E-state index >= 15 is 0 Å². The lowest BCUT2D eigenvalue weighted by atomic mass is 10.1. The van der Waals surface area contributed by atoms with Gasteiger partial charge in [0.2, 0.25) is 5.91 Å². The van der Waals surface area contributed by atoms with Crippen molar-refractivity contribution in [2.24, 2.45) is 0 Å². The van der Waals surface area contributed by atoms with Crippen LogP contribution in [0.4, 0.5) is 4.79 Å². The van der Waals surface area contributed by atoms with Crippen molar-refractivity contribution in [3.8, 4) is 0 Å². The predicted molar refractivity (Wildman–Crippen MR) is 76.3 cm³/mol. The van der Waals surface area contributed by atoms with E-state index in [1.807, 2.05) is 20.8 Å². The summed E-state index contributed by atoms with van der Waals surface area (Å²) in [5.74, 6) is -0.0562. The lowest BCUT2D eigenvalue weighted by Gasteiger charge is -2.26. The van der Waals surface area contributed by atoms with Crippen LogP contribution in [0.15, 0.2) is 0 Å². The van der Waals surface area contributed by atoms with E-state index < -0.39 is 11.6 Å². The standard InChI is InChI=1S/C13H27N3O4/c1-6-20-12(18)16-13(4,5)8-19-9-15-10(2)7-14-11(3)17/h10,15H,6-9H2,1-5H3,(H,14,17)(H,16,18). The third-order valence-corrected chi connectivity index (χ3v) is 2.37. The van der Waals surface area contributed by atoms with Crippen molar-refractivity contribution in [2.45, 2.75) is 46.2 Å². The quantitative estimate of drug-likeness (QED) is 0.427. The van der Waals surface area contributed by atoms with Crippen molar-refractivity contribution in [1.29, 1.82) is 0 Å². The predicted octanol–water partition coefficient (Wildman–Crippen LogP) is 0.599. The molecule has 0 fully saturated rings. The number of amides is 2. The maximum absolute atomic E-state index is 11.3. The smallest absolute Gasteiger partial charge is 0.407 e. The molecule has 7 heteroatoms. The zero-order chi connectivity index (χ0) is 15.6. The lowest BCUT2D eigenvalue weighted by molar-refractivity contribution is -0.119. The van der Waals surface area contributed by atoms with E-state index in [0.717, 1.165) is 0 Å². The summed E-state index contributed by atoms with van der Waals surface area (Å²) in [5.41, 5.74) is -0.505. The minimum Gasteiger partial charge on any atom is -0.450 e. The molecule has 0 bridgehead atoms. The molecule has 7 nitrogen and oxygen atoms in total. The highest BCUT2D eigenvalue weighted by Crippen LogP contribution is 2.03. The fourth-order valence-corrected chi connectivity index (χ4v) is 1.36. The topological polar surface area (TPSA) is 88.7 Å². The van der Waals surface area contributed by atoms with E-state index in [1.54, 1.807) is 6.92 Å². The fraction of sp³-hybridized carbons (Fsp3) is 0.846. The summed E-state index contributed by atoms with van der Waals surface area (Å²) in [5, 5.41) is 8.53. The molecule has 0 aromatic heterocycles. The number of hydrogen-bond donors (Lipinski definition) is 3. The average Bonchev–Trinajstić information content (AvgIpc) is 2.31. The molecule has 0 aliphatic heterocycles. The Balaban J connectivity index is 3.76. The lowest BCUT2D eigenvalue weighted by Crippen LogP contribution is -2.48. The summed E-state index contributed by atoms with van der Waals surface area (Å²) < 4.78 is 10.3. The highest BCUT2D eigenvalue weighted by Gasteiger charge is 2.21. The normalized spacial score (nSPS) is 12.7. The van der Waals surface area contributed by atoms with Gasteiger partial charge in [-0.3, -0.25) is 10.1 Å². The number of carbonyl (C=O) groups excluding carboxylic acids is 2. The third kappa shape index (κ3) is 10.6. The SMILES string of the molecule is CCOC(=O)NC(C)(C)COCNC(C)CNC(C)=O. The van der Waals surface area contributed by atoms with Crippen LogP contribution in [0, 0.1) is 0 Å². The molecule has 0 spiro atoms. The summed E-state index contributed by atoms with van der Waals surface area (Å²) >= 11 is 0. The Morgan fingerprint density at radius 2 is 1.95 bits per heavy atom. The van der Waals surface area contributed by atoms with E-state index in [0.29, 0.717) is 26.5 Å². The van der Waals surface area contributed by atoms with Gasteiger partial charge < -0.3 is 20.1 Å². The molecule has 0 aromatic carbocycles. The van der Waals surface area contributed by atoms with Crippen LogP contribution in [0.5, 0.6) is 0 Å². The molecule has 20 heavy (non-hydrogen) atoms. The number of nitrogens with one attached hydrogen (secondary N) is 3. The molecule has 0 heterocycles. The maximum atomic E-state index is 11.3. The Labute approximate surface area is 120 Å². The first-order chi connectivity index (χ1) is 9.26. The van der Waals surface area contributed by atoms with E-state index in [9.17, 15) is 9.59 Å². The van der Waals surface area contributed by atoms with E-state index in [4.69, 9.17) is 9.47 Å². The van der Waals surface area contributed by atoms with E-state index in [-0.39, 0.29) is 11.9 Å². The van der Waals surface area contributed by atoms with E-state index in [1.165, 1.54) is 6.92 Å². The van der Waals surface area contributed by atoms with Gasteiger partial charge in [-0.25, -0.2) is 4.79 Å². The first-order valence-corrected chi connectivity index (χ1v) is 6.77. The van der Waals surface area contributed by atoms with Gasteiger partial charge in [0.05, 0.1) is 25.5 Å². The van der Waals surface area contributed by atoms with Crippen LogP contribution in [0.3, 0.4) is 0 Å². The number of ether oxygens (including phenoxy) is 2. The highest BCUT2D eigenvalue weighted by molar-refractivity contribution is 5.72. The third-order valence-electron chi connectivity index (χ3n) is 2.37. The monoisotopic (exact) mass is 289 g/mol. The zero-order valence-corrected chi connectivity index (χ0v) is 13.0.